The van der Waals surface area contributed by atoms with Crippen LogP contribution >= 0.6 is 0 Å². The number of furan rings is 1. The van der Waals surface area contributed by atoms with Gasteiger partial charge in [-0.25, -0.2) is 4.39 Å². The average molecular weight is 262 g/mol. The van der Waals surface area contributed by atoms with E-state index in [0.717, 1.165) is 19.4 Å². The van der Waals surface area contributed by atoms with E-state index in [1.165, 1.54) is 18.4 Å². The molecule has 1 aromatic heterocycles. The van der Waals surface area contributed by atoms with Gasteiger partial charge in [0.15, 0.2) is 11.4 Å². The molecule has 1 unspecified atom stereocenters. The number of halogens is 1. The number of rotatable bonds is 3. The van der Waals surface area contributed by atoms with Crippen LogP contribution < -0.4 is 10.6 Å². The van der Waals surface area contributed by atoms with Crippen LogP contribution in [0.4, 0.5) is 4.39 Å². The van der Waals surface area contributed by atoms with E-state index >= 15 is 0 Å². The maximum atomic E-state index is 13.5. The Kier molecular flexibility index (Phi) is 3.21. The van der Waals surface area contributed by atoms with Crippen LogP contribution in [0.1, 0.15) is 23.2 Å². The van der Waals surface area contributed by atoms with Crippen molar-refractivity contribution in [3.05, 3.63) is 35.8 Å². The predicted molar refractivity (Wildman–Crippen MR) is 69.5 cm³/mol. The normalized spacial score (nSPS) is 18.9. The summed E-state index contributed by atoms with van der Waals surface area (Å²) in [6.07, 6.45) is 3.61. The summed E-state index contributed by atoms with van der Waals surface area (Å²) >= 11 is 0. The van der Waals surface area contributed by atoms with Crippen LogP contribution in [0.5, 0.6) is 0 Å². The van der Waals surface area contributed by atoms with E-state index in [1.807, 2.05) is 0 Å². The maximum absolute atomic E-state index is 13.5. The highest BCUT2D eigenvalue weighted by atomic mass is 19.1. The van der Waals surface area contributed by atoms with Gasteiger partial charge in [0.25, 0.3) is 5.91 Å². The van der Waals surface area contributed by atoms with Crippen LogP contribution in [-0.2, 0) is 0 Å². The summed E-state index contributed by atoms with van der Waals surface area (Å²) in [4.78, 5) is 12.1. The molecule has 0 radical (unpaired) electrons. The molecule has 0 saturated carbocycles. The fraction of sp³-hybridized carbons (Fsp3) is 0.357. The number of carbonyl (C=O) groups excluding carboxylic acids is 1. The molecule has 1 saturated heterocycles. The molecule has 2 heterocycles. The van der Waals surface area contributed by atoms with Crippen LogP contribution in [-0.4, -0.2) is 25.0 Å². The van der Waals surface area contributed by atoms with Gasteiger partial charge in [-0.15, -0.1) is 0 Å². The van der Waals surface area contributed by atoms with Gasteiger partial charge in [0, 0.05) is 18.0 Å². The van der Waals surface area contributed by atoms with E-state index in [4.69, 9.17) is 4.42 Å². The van der Waals surface area contributed by atoms with Crippen molar-refractivity contribution in [2.24, 2.45) is 0 Å². The zero-order valence-corrected chi connectivity index (χ0v) is 10.4. The van der Waals surface area contributed by atoms with Crippen molar-refractivity contribution in [2.45, 2.75) is 18.9 Å². The van der Waals surface area contributed by atoms with Crippen LogP contribution in [0.25, 0.3) is 11.0 Å². The molecule has 1 aliphatic rings. The number of hydrogen-bond acceptors (Lipinski definition) is 3. The Bertz CT molecular complexity index is 603. The van der Waals surface area contributed by atoms with E-state index in [-0.39, 0.29) is 11.5 Å². The smallest absolute Gasteiger partial charge is 0.252 e. The summed E-state index contributed by atoms with van der Waals surface area (Å²) in [6, 6.07) is 4.70. The monoisotopic (exact) mass is 262 g/mol. The Balaban J connectivity index is 1.77. The Morgan fingerprint density at radius 1 is 1.47 bits per heavy atom. The molecular weight excluding hydrogens is 247 g/mol. The Morgan fingerprint density at radius 3 is 3.16 bits per heavy atom. The fourth-order valence-corrected chi connectivity index (χ4v) is 2.47. The third-order valence-corrected chi connectivity index (χ3v) is 3.48. The van der Waals surface area contributed by atoms with Crippen molar-refractivity contribution in [1.82, 2.24) is 10.6 Å². The molecule has 2 aromatic rings. The van der Waals surface area contributed by atoms with Crippen molar-refractivity contribution >= 4 is 16.9 Å². The molecule has 0 bridgehead atoms. The second-order valence-electron chi connectivity index (χ2n) is 4.76. The molecule has 3 rings (SSSR count). The van der Waals surface area contributed by atoms with E-state index in [9.17, 15) is 9.18 Å². The molecule has 0 spiro atoms. The zero-order valence-electron chi connectivity index (χ0n) is 10.4. The molecule has 4 nitrogen and oxygen atoms in total. The van der Waals surface area contributed by atoms with Crippen molar-refractivity contribution in [1.29, 1.82) is 0 Å². The van der Waals surface area contributed by atoms with Gasteiger partial charge in [0.2, 0.25) is 0 Å². The number of carbonyl (C=O) groups is 1. The lowest BCUT2D eigenvalue weighted by Gasteiger charge is -2.11. The summed E-state index contributed by atoms with van der Waals surface area (Å²) in [7, 11) is 0. The Morgan fingerprint density at radius 2 is 2.37 bits per heavy atom. The van der Waals surface area contributed by atoms with E-state index in [0.29, 0.717) is 23.5 Å². The largest absolute Gasteiger partial charge is 0.461 e. The lowest BCUT2D eigenvalue weighted by Crippen LogP contribution is -2.37. The maximum Gasteiger partial charge on any atom is 0.252 e. The molecule has 1 amide bonds. The van der Waals surface area contributed by atoms with Gasteiger partial charge < -0.3 is 15.1 Å². The quantitative estimate of drug-likeness (QED) is 0.890. The van der Waals surface area contributed by atoms with Crippen LogP contribution in [0.15, 0.2) is 28.9 Å². The molecule has 0 aliphatic carbocycles. The summed E-state index contributed by atoms with van der Waals surface area (Å²) < 4.78 is 18.5. The van der Waals surface area contributed by atoms with Crippen molar-refractivity contribution in [2.75, 3.05) is 13.1 Å². The first-order valence-electron chi connectivity index (χ1n) is 6.43. The first-order valence-corrected chi connectivity index (χ1v) is 6.43. The molecule has 2 N–H and O–H groups in total. The van der Waals surface area contributed by atoms with Crippen LogP contribution in [0.2, 0.25) is 0 Å². The lowest BCUT2D eigenvalue weighted by atomic mass is 10.1. The predicted octanol–water partition coefficient (Wildman–Crippen LogP) is 2.05. The molecule has 1 aromatic carbocycles. The first-order chi connectivity index (χ1) is 9.25. The van der Waals surface area contributed by atoms with Gasteiger partial charge in [0.05, 0.1) is 11.8 Å². The number of hydrogen-bond donors (Lipinski definition) is 2. The van der Waals surface area contributed by atoms with Gasteiger partial charge in [-0.05, 0) is 37.6 Å². The van der Waals surface area contributed by atoms with Crippen LogP contribution in [0, 0.1) is 5.82 Å². The third-order valence-electron chi connectivity index (χ3n) is 3.48. The molecule has 1 atom stereocenters. The van der Waals surface area contributed by atoms with Gasteiger partial charge in [-0.3, -0.25) is 4.79 Å². The zero-order chi connectivity index (χ0) is 13.2. The van der Waals surface area contributed by atoms with Crippen LogP contribution in [0.3, 0.4) is 0 Å². The molecule has 100 valence electrons. The highest BCUT2D eigenvalue weighted by Gasteiger charge is 2.18. The van der Waals surface area contributed by atoms with Gasteiger partial charge in [0.1, 0.15) is 0 Å². The number of fused-ring (bicyclic) bond motifs is 1. The number of nitrogens with one attached hydrogen (secondary N) is 2. The second kappa shape index (κ2) is 5.01. The van der Waals surface area contributed by atoms with Crippen molar-refractivity contribution in [3.8, 4) is 0 Å². The summed E-state index contributed by atoms with van der Waals surface area (Å²) in [6.45, 7) is 1.60. The Hall–Kier alpha value is -1.88. The lowest BCUT2D eigenvalue weighted by molar-refractivity contribution is 0.0952. The summed E-state index contributed by atoms with van der Waals surface area (Å²) in [5.41, 5.74) is 0.579. The highest BCUT2D eigenvalue weighted by molar-refractivity contribution is 6.06. The first kappa shape index (κ1) is 12.2. The van der Waals surface area contributed by atoms with E-state index in [2.05, 4.69) is 10.6 Å². The minimum absolute atomic E-state index is 0.131. The molecule has 19 heavy (non-hydrogen) atoms. The summed E-state index contributed by atoms with van der Waals surface area (Å²) in [5.74, 6) is -0.644. The Labute approximate surface area is 110 Å². The third kappa shape index (κ3) is 2.33. The number of benzene rings is 1. The summed E-state index contributed by atoms with van der Waals surface area (Å²) in [5, 5.41) is 6.70. The topological polar surface area (TPSA) is 54.3 Å². The fourth-order valence-electron chi connectivity index (χ4n) is 2.47. The molecule has 1 fully saturated rings. The SMILES string of the molecule is O=C(NCC1CCCN1)c1ccc(F)c2occc12. The van der Waals surface area contributed by atoms with E-state index < -0.39 is 5.82 Å². The molecular formula is C14H15FN2O2. The van der Waals surface area contributed by atoms with Crippen molar-refractivity contribution in [3.63, 3.8) is 0 Å². The minimum Gasteiger partial charge on any atom is -0.461 e. The van der Waals surface area contributed by atoms with Crippen molar-refractivity contribution < 1.29 is 13.6 Å². The average Bonchev–Trinajstić information content (AvgIpc) is 3.08. The minimum atomic E-state index is -0.450. The number of amides is 1. The molecule has 1 aliphatic heterocycles. The van der Waals surface area contributed by atoms with Gasteiger partial charge >= 0.3 is 0 Å². The van der Waals surface area contributed by atoms with E-state index in [1.54, 1.807) is 6.07 Å². The second-order valence-corrected chi connectivity index (χ2v) is 4.76. The van der Waals surface area contributed by atoms with Gasteiger partial charge in [-0.1, -0.05) is 0 Å². The highest BCUT2D eigenvalue weighted by Crippen LogP contribution is 2.23. The standard InChI is InChI=1S/C14H15FN2O2/c15-12-4-3-11(10-5-7-19-13(10)12)14(18)17-8-9-2-1-6-16-9/h3-5,7,9,16H,1-2,6,8H2,(H,17,18). The van der Waals surface area contributed by atoms with Gasteiger partial charge in [-0.2, -0.15) is 0 Å². The molecule has 5 heteroatoms.